The molecule has 0 heterocycles. The molecule has 0 aliphatic heterocycles. The Morgan fingerprint density at radius 2 is 1.86 bits per heavy atom. The maximum absolute atomic E-state index is 12.0. The highest BCUT2D eigenvalue weighted by Crippen LogP contribution is 2.22. The molecule has 0 aliphatic carbocycles. The summed E-state index contributed by atoms with van der Waals surface area (Å²) in [6.07, 6.45) is 0. The van der Waals surface area contributed by atoms with E-state index in [9.17, 15) is 4.79 Å². The second-order valence-corrected chi connectivity index (χ2v) is 6.12. The molecule has 2 rings (SSSR count). The van der Waals surface area contributed by atoms with Crippen molar-refractivity contribution in [1.29, 1.82) is 0 Å². The SMILES string of the molecule is CC(Nc1cccc(C(=O)N(C)C)c1)c1cccc(Br)c1. The Balaban J connectivity index is 2.16. The van der Waals surface area contributed by atoms with Crippen LogP contribution >= 0.6 is 15.9 Å². The van der Waals surface area contributed by atoms with E-state index in [0.29, 0.717) is 5.56 Å². The zero-order valence-corrected chi connectivity index (χ0v) is 14.0. The molecule has 1 N–H and O–H groups in total. The minimum absolute atomic E-state index is 0.00811. The van der Waals surface area contributed by atoms with Gasteiger partial charge in [-0.15, -0.1) is 0 Å². The summed E-state index contributed by atoms with van der Waals surface area (Å²) in [5.74, 6) is 0.00811. The Labute approximate surface area is 134 Å². The number of carbonyl (C=O) groups is 1. The molecular weight excluding hydrogens is 328 g/mol. The van der Waals surface area contributed by atoms with Crippen molar-refractivity contribution < 1.29 is 4.79 Å². The van der Waals surface area contributed by atoms with Crippen LogP contribution < -0.4 is 5.32 Å². The van der Waals surface area contributed by atoms with Gasteiger partial charge in [0.1, 0.15) is 0 Å². The molecule has 0 spiro atoms. The highest BCUT2D eigenvalue weighted by Gasteiger charge is 2.10. The van der Waals surface area contributed by atoms with Crippen molar-refractivity contribution in [2.75, 3.05) is 19.4 Å². The Morgan fingerprint density at radius 1 is 1.14 bits per heavy atom. The average molecular weight is 347 g/mol. The van der Waals surface area contributed by atoms with Crippen LogP contribution in [0.15, 0.2) is 53.0 Å². The number of anilines is 1. The molecule has 110 valence electrons. The van der Waals surface area contributed by atoms with Gasteiger partial charge in [-0.1, -0.05) is 34.1 Å². The van der Waals surface area contributed by atoms with Gasteiger partial charge in [0.2, 0.25) is 0 Å². The normalized spacial score (nSPS) is 11.8. The lowest BCUT2D eigenvalue weighted by molar-refractivity contribution is 0.0827. The maximum atomic E-state index is 12.0. The number of nitrogens with one attached hydrogen (secondary N) is 1. The third kappa shape index (κ3) is 4.08. The molecule has 1 atom stereocenters. The Hall–Kier alpha value is -1.81. The third-order valence-electron chi connectivity index (χ3n) is 3.25. The van der Waals surface area contributed by atoms with Crippen molar-refractivity contribution in [3.05, 3.63) is 64.1 Å². The van der Waals surface area contributed by atoms with Crippen molar-refractivity contribution in [2.24, 2.45) is 0 Å². The number of hydrogen-bond acceptors (Lipinski definition) is 2. The zero-order chi connectivity index (χ0) is 15.4. The van der Waals surface area contributed by atoms with Gasteiger partial charge in [-0.3, -0.25) is 4.79 Å². The van der Waals surface area contributed by atoms with Crippen LogP contribution in [0.4, 0.5) is 5.69 Å². The quantitative estimate of drug-likeness (QED) is 0.893. The van der Waals surface area contributed by atoms with Crippen LogP contribution in [0, 0.1) is 0 Å². The second-order valence-electron chi connectivity index (χ2n) is 5.20. The molecule has 0 aromatic heterocycles. The predicted octanol–water partition coefficient (Wildman–Crippen LogP) is 4.32. The van der Waals surface area contributed by atoms with Gasteiger partial charge in [0.25, 0.3) is 5.91 Å². The van der Waals surface area contributed by atoms with Crippen LogP contribution in [-0.4, -0.2) is 24.9 Å². The van der Waals surface area contributed by atoms with Gasteiger partial charge in [-0.25, -0.2) is 0 Å². The highest BCUT2D eigenvalue weighted by molar-refractivity contribution is 9.10. The molecule has 4 heteroatoms. The molecule has 0 bridgehead atoms. The summed E-state index contributed by atoms with van der Waals surface area (Å²) in [5, 5.41) is 3.43. The van der Waals surface area contributed by atoms with Gasteiger partial charge < -0.3 is 10.2 Å². The standard InChI is InChI=1S/C17H19BrN2O/c1-12(13-6-4-8-15(18)10-13)19-16-9-5-7-14(11-16)17(21)20(2)3/h4-12,19H,1-3H3. The fraction of sp³-hybridized carbons (Fsp3) is 0.235. The van der Waals surface area contributed by atoms with E-state index < -0.39 is 0 Å². The lowest BCUT2D eigenvalue weighted by atomic mass is 10.1. The van der Waals surface area contributed by atoms with E-state index in [1.54, 1.807) is 19.0 Å². The molecule has 1 amide bonds. The first kappa shape index (κ1) is 15.6. The van der Waals surface area contributed by atoms with Crippen molar-refractivity contribution in [3.8, 4) is 0 Å². The van der Waals surface area contributed by atoms with E-state index in [2.05, 4.69) is 40.3 Å². The van der Waals surface area contributed by atoms with E-state index in [0.717, 1.165) is 10.2 Å². The fourth-order valence-corrected chi connectivity index (χ4v) is 2.53. The first-order chi connectivity index (χ1) is 9.97. The summed E-state index contributed by atoms with van der Waals surface area (Å²) in [5.41, 5.74) is 2.82. The summed E-state index contributed by atoms with van der Waals surface area (Å²) in [6.45, 7) is 2.10. The van der Waals surface area contributed by atoms with Crippen molar-refractivity contribution in [3.63, 3.8) is 0 Å². The molecule has 21 heavy (non-hydrogen) atoms. The number of nitrogens with zero attached hydrogens (tertiary/aromatic N) is 1. The molecule has 0 fully saturated rings. The van der Waals surface area contributed by atoms with Crippen LogP contribution in [0.5, 0.6) is 0 Å². The molecule has 1 unspecified atom stereocenters. The first-order valence-electron chi connectivity index (χ1n) is 6.81. The van der Waals surface area contributed by atoms with E-state index >= 15 is 0 Å². The zero-order valence-electron chi connectivity index (χ0n) is 12.4. The number of amides is 1. The number of benzene rings is 2. The summed E-state index contributed by atoms with van der Waals surface area (Å²) in [7, 11) is 3.51. The van der Waals surface area contributed by atoms with Crippen molar-refractivity contribution in [1.82, 2.24) is 4.90 Å². The van der Waals surface area contributed by atoms with Crippen LogP contribution in [0.25, 0.3) is 0 Å². The number of rotatable bonds is 4. The van der Waals surface area contributed by atoms with Crippen LogP contribution in [-0.2, 0) is 0 Å². The van der Waals surface area contributed by atoms with Crippen LogP contribution in [0.1, 0.15) is 28.9 Å². The minimum atomic E-state index is 0.00811. The Morgan fingerprint density at radius 3 is 2.52 bits per heavy atom. The molecule has 3 nitrogen and oxygen atoms in total. The Bertz CT molecular complexity index is 640. The summed E-state index contributed by atoms with van der Waals surface area (Å²) >= 11 is 3.48. The van der Waals surface area contributed by atoms with E-state index in [4.69, 9.17) is 0 Å². The van der Waals surface area contributed by atoms with Crippen molar-refractivity contribution in [2.45, 2.75) is 13.0 Å². The van der Waals surface area contributed by atoms with E-state index in [-0.39, 0.29) is 11.9 Å². The molecule has 2 aromatic rings. The second kappa shape index (κ2) is 6.76. The average Bonchev–Trinajstić information content (AvgIpc) is 2.46. The summed E-state index contributed by atoms with van der Waals surface area (Å²) < 4.78 is 1.06. The number of halogens is 1. The summed E-state index contributed by atoms with van der Waals surface area (Å²) in [4.78, 5) is 13.6. The van der Waals surface area contributed by atoms with Crippen LogP contribution in [0.3, 0.4) is 0 Å². The predicted molar refractivity (Wildman–Crippen MR) is 90.6 cm³/mol. The first-order valence-corrected chi connectivity index (χ1v) is 7.60. The Kier molecular flexibility index (Phi) is 5.02. The molecule has 0 saturated carbocycles. The molecule has 0 saturated heterocycles. The van der Waals surface area contributed by atoms with Gasteiger partial charge in [0.05, 0.1) is 0 Å². The molecule has 0 aliphatic rings. The molecule has 2 aromatic carbocycles. The molecule has 0 radical (unpaired) electrons. The maximum Gasteiger partial charge on any atom is 0.253 e. The smallest absolute Gasteiger partial charge is 0.253 e. The number of carbonyl (C=O) groups excluding carboxylic acids is 1. The van der Waals surface area contributed by atoms with Gasteiger partial charge in [0.15, 0.2) is 0 Å². The fourth-order valence-electron chi connectivity index (χ4n) is 2.11. The van der Waals surface area contributed by atoms with Gasteiger partial charge in [0, 0.05) is 35.9 Å². The topological polar surface area (TPSA) is 32.3 Å². The van der Waals surface area contributed by atoms with E-state index in [1.807, 2.05) is 36.4 Å². The lowest BCUT2D eigenvalue weighted by Crippen LogP contribution is -2.21. The molecular formula is C17H19BrN2O. The van der Waals surface area contributed by atoms with Crippen molar-refractivity contribution >= 4 is 27.5 Å². The van der Waals surface area contributed by atoms with Gasteiger partial charge >= 0.3 is 0 Å². The largest absolute Gasteiger partial charge is 0.379 e. The minimum Gasteiger partial charge on any atom is -0.379 e. The number of hydrogen-bond donors (Lipinski definition) is 1. The third-order valence-corrected chi connectivity index (χ3v) is 3.74. The monoisotopic (exact) mass is 346 g/mol. The highest BCUT2D eigenvalue weighted by atomic mass is 79.9. The van der Waals surface area contributed by atoms with Gasteiger partial charge in [-0.05, 0) is 42.8 Å². The van der Waals surface area contributed by atoms with Crippen LogP contribution in [0.2, 0.25) is 0 Å². The van der Waals surface area contributed by atoms with Gasteiger partial charge in [-0.2, -0.15) is 0 Å². The van der Waals surface area contributed by atoms with E-state index in [1.165, 1.54) is 5.56 Å². The lowest BCUT2D eigenvalue weighted by Gasteiger charge is -2.17. The summed E-state index contributed by atoms with van der Waals surface area (Å²) in [6, 6.07) is 15.9.